The molecule has 0 spiro atoms. The summed E-state index contributed by atoms with van der Waals surface area (Å²) in [5.74, 6) is 2.34. The second kappa shape index (κ2) is 19.4. The molecule has 1 heterocycles. The Morgan fingerprint density at radius 3 is 1.95 bits per heavy atom. The molecular weight excluding hydrogens is 784 g/mol. The molecule has 0 bridgehead atoms. The second-order valence-corrected chi connectivity index (χ2v) is 17.7. The number of hydrogen-bond acceptors (Lipinski definition) is 10. The average Bonchev–Trinajstić information content (AvgIpc) is 3.16. The zero-order valence-corrected chi connectivity index (χ0v) is 36.3. The predicted octanol–water partition coefficient (Wildman–Crippen LogP) is 5.00. The molecule has 0 radical (unpaired) electrons. The Morgan fingerprint density at radius 1 is 0.709 bits per heavy atom. The van der Waals surface area contributed by atoms with E-state index in [4.69, 9.17) is 4.42 Å². The standard InChI is InChI=1S/C41H42N2O7S4.Na/c1-3-42(23-11-25-51-32-13-7-5-8-14-32)30-17-20-35-38(27-30)50-39-28-31(43(4-2)24-12-26-52-33-15-9-6-10-16-33)18-21-36(39)41(35)37-22-19-34(53(44,45)46)29-40(37)54(47,48)49;/h5-10,13-22,27-29H,3-4,11-12,23-26H2,1-2H3,(H-,44,45,46,47,48,49);/q;+1/p-1. The third-order valence-electron chi connectivity index (χ3n) is 9.13. The predicted molar refractivity (Wildman–Crippen MR) is 216 cm³/mol. The molecule has 55 heavy (non-hydrogen) atoms. The minimum atomic E-state index is -5.22. The number of fused-ring (bicyclic) bond motifs is 2. The summed E-state index contributed by atoms with van der Waals surface area (Å²) in [4.78, 5) is 3.09. The SMILES string of the molecule is CCN(CCCSc1ccccc1)c1ccc2c(-c3ccc(S(=O)(=O)[O-])cc3S(=O)(=O)[O-])c3ccc(=[N+](CC)CCCSc4ccccc4)cc-3oc2c1.[Na+]. The molecular formula is C41H41N2NaO7S4. The zero-order valence-electron chi connectivity index (χ0n) is 31.0. The first-order valence-corrected chi connectivity index (χ1v) is 22.5. The van der Waals surface area contributed by atoms with Crippen molar-refractivity contribution in [2.45, 2.75) is 46.3 Å². The molecule has 0 aromatic heterocycles. The van der Waals surface area contributed by atoms with Crippen molar-refractivity contribution in [2.24, 2.45) is 0 Å². The first kappa shape index (κ1) is 43.0. The summed E-state index contributed by atoms with van der Waals surface area (Å²) in [6.45, 7) is 7.24. The maximum absolute atomic E-state index is 12.7. The molecule has 0 fully saturated rings. The van der Waals surface area contributed by atoms with Gasteiger partial charge in [0, 0.05) is 75.0 Å². The molecule has 282 valence electrons. The first-order valence-electron chi connectivity index (χ1n) is 17.7. The summed E-state index contributed by atoms with van der Waals surface area (Å²) in [7, 11) is -10.3. The second-order valence-electron chi connectivity index (χ2n) is 12.6. The van der Waals surface area contributed by atoms with Crippen molar-refractivity contribution in [1.82, 2.24) is 4.58 Å². The minimum absolute atomic E-state index is 0. The third kappa shape index (κ3) is 10.8. The number of benzene rings is 5. The molecule has 2 aliphatic rings. The Morgan fingerprint density at radius 2 is 1.35 bits per heavy atom. The number of hydrogen-bond donors (Lipinski definition) is 0. The van der Waals surface area contributed by atoms with Gasteiger partial charge in [0.2, 0.25) is 5.36 Å². The summed E-state index contributed by atoms with van der Waals surface area (Å²) < 4.78 is 82.6. The maximum atomic E-state index is 12.7. The molecule has 14 heteroatoms. The van der Waals surface area contributed by atoms with Gasteiger partial charge in [-0.1, -0.05) is 42.5 Å². The number of nitrogens with zero attached hydrogens (tertiary/aromatic N) is 2. The van der Waals surface area contributed by atoms with E-state index in [1.165, 1.54) is 15.9 Å². The van der Waals surface area contributed by atoms with E-state index in [1.54, 1.807) is 23.5 Å². The molecule has 0 unspecified atom stereocenters. The van der Waals surface area contributed by atoms with E-state index in [-0.39, 0.29) is 35.1 Å². The van der Waals surface area contributed by atoms with Crippen LogP contribution in [0.3, 0.4) is 0 Å². The van der Waals surface area contributed by atoms with E-state index in [0.29, 0.717) is 33.9 Å². The van der Waals surface area contributed by atoms with Gasteiger partial charge < -0.3 is 18.4 Å². The van der Waals surface area contributed by atoms with Gasteiger partial charge in [0.05, 0.1) is 15.9 Å². The van der Waals surface area contributed by atoms with Crippen molar-refractivity contribution in [2.75, 3.05) is 42.6 Å². The fraction of sp³-hybridized carbons (Fsp3) is 0.244. The van der Waals surface area contributed by atoms with E-state index in [9.17, 15) is 25.9 Å². The van der Waals surface area contributed by atoms with Crippen molar-refractivity contribution in [3.8, 4) is 22.5 Å². The van der Waals surface area contributed by atoms with Gasteiger partial charge in [-0.05, 0) is 80.6 Å². The van der Waals surface area contributed by atoms with Crippen molar-refractivity contribution < 1.29 is 59.9 Å². The van der Waals surface area contributed by atoms with Gasteiger partial charge in [-0.3, -0.25) is 0 Å². The van der Waals surface area contributed by atoms with Gasteiger partial charge in [0.1, 0.15) is 44.7 Å². The van der Waals surface area contributed by atoms with Gasteiger partial charge in [0.25, 0.3) is 0 Å². The van der Waals surface area contributed by atoms with E-state index < -0.39 is 30.0 Å². The van der Waals surface area contributed by atoms with Gasteiger partial charge in [-0.15, -0.1) is 23.5 Å². The van der Waals surface area contributed by atoms with Crippen LogP contribution in [0.25, 0.3) is 33.4 Å². The van der Waals surface area contributed by atoms with Crippen LogP contribution < -0.4 is 44.4 Å². The fourth-order valence-corrected chi connectivity index (χ4v) is 9.49. The molecule has 4 aromatic carbocycles. The van der Waals surface area contributed by atoms with Crippen LogP contribution in [-0.4, -0.2) is 63.6 Å². The van der Waals surface area contributed by atoms with Crippen molar-refractivity contribution in [1.29, 1.82) is 0 Å². The monoisotopic (exact) mass is 824 g/mol. The third-order valence-corrected chi connectivity index (χ3v) is 13.0. The molecule has 0 N–H and O–H groups in total. The van der Waals surface area contributed by atoms with Crippen LogP contribution in [0.15, 0.2) is 139 Å². The van der Waals surface area contributed by atoms with Crippen LogP contribution in [-0.2, 0) is 20.2 Å². The molecule has 0 saturated heterocycles. The van der Waals surface area contributed by atoms with E-state index in [2.05, 4.69) is 47.6 Å². The summed E-state index contributed by atoms with van der Waals surface area (Å²) >= 11 is 3.61. The number of anilines is 1. The zero-order chi connectivity index (χ0) is 38.3. The Kier molecular flexibility index (Phi) is 15.1. The van der Waals surface area contributed by atoms with Gasteiger partial charge in [-0.25, -0.2) is 21.4 Å². The van der Waals surface area contributed by atoms with Crippen LogP contribution in [0.1, 0.15) is 26.7 Å². The van der Waals surface area contributed by atoms with Crippen LogP contribution in [0.4, 0.5) is 5.69 Å². The molecule has 0 atom stereocenters. The van der Waals surface area contributed by atoms with Crippen molar-refractivity contribution in [3.63, 3.8) is 0 Å². The van der Waals surface area contributed by atoms with Crippen LogP contribution in [0.5, 0.6) is 0 Å². The molecule has 9 nitrogen and oxygen atoms in total. The van der Waals surface area contributed by atoms with Gasteiger partial charge >= 0.3 is 29.6 Å². The number of rotatable bonds is 16. The molecule has 0 amide bonds. The largest absolute Gasteiger partial charge is 1.00 e. The first-order chi connectivity index (χ1) is 26.0. The number of thioether (sulfide) groups is 2. The average molecular weight is 825 g/mol. The molecule has 1 aliphatic carbocycles. The Balaban J connectivity index is 0.00000580. The minimum Gasteiger partial charge on any atom is -0.744 e. The molecule has 4 aromatic rings. The summed E-state index contributed by atoms with van der Waals surface area (Å²) in [6, 6.07) is 34.8. The molecule has 0 saturated carbocycles. The summed E-state index contributed by atoms with van der Waals surface area (Å²) in [5.41, 5.74) is 2.27. The quantitative estimate of drug-likeness (QED) is 0.0328. The Bertz CT molecular complexity index is 2500. The van der Waals surface area contributed by atoms with Crippen LogP contribution in [0.2, 0.25) is 0 Å². The fourth-order valence-electron chi connectivity index (χ4n) is 6.49. The van der Waals surface area contributed by atoms with Gasteiger partial charge in [-0.2, -0.15) is 0 Å². The van der Waals surface area contributed by atoms with Crippen LogP contribution >= 0.6 is 23.5 Å². The Hall–Kier alpha value is -3.11. The normalized spacial score (nSPS) is 12.4. The van der Waals surface area contributed by atoms with Crippen molar-refractivity contribution >= 4 is 60.4 Å². The molecule has 6 rings (SSSR count). The topological polar surface area (TPSA) is 134 Å². The maximum Gasteiger partial charge on any atom is 1.00 e. The summed E-state index contributed by atoms with van der Waals surface area (Å²) in [5, 5.41) is 1.44. The van der Waals surface area contributed by atoms with Gasteiger partial charge in [0.15, 0.2) is 0 Å². The van der Waals surface area contributed by atoms with E-state index in [1.807, 2.05) is 72.8 Å². The van der Waals surface area contributed by atoms with E-state index in [0.717, 1.165) is 67.6 Å². The summed E-state index contributed by atoms with van der Waals surface area (Å²) in [6.07, 6.45) is 1.87. The Labute approximate surface area is 354 Å². The molecule has 1 aliphatic heterocycles. The smallest absolute Gasteiger partial charge is 0.744 e. The van der Waals surface area contributed by atoms with Crippen LogP contribution in [0, 0.1) is 0 Å². The van der Waals surface area contributed by atoms with Crippen molar-refractivity contribution in [3.05, 3.63) is 121 Å². The van der Waals surface area contributed by atoms with E-state index >= 15 is 0 Å².